The summed E-state index contributed by atoms with van der Waals surface area (Å²) in [7, 11) is 0. The van der Waals surface area contributed by atoms with Crippen molar-refractivity contribution in [2.24, 2.45) is 0 Å². The molecule has 0 saturated heterocycles. The number of hydrogen-bond acceptors (Lipinski definition) is 2. The molecule has 0 saturated carbocycles. The minimum Gasteiger partial charge on any atom is -0.368 e. The topological polar surface area (TPSA) is 15.3 Å². The summed E-state index contributed by atoms with van der Waals surface area (Å²) in [6, 6.07) is 9.22. The highest BCUT2D eigenvalue weighted by Gasteiger charge is 2.15. The van der Waals surface area contributed by atoms with Crippen LogP contribution in [-0.2, 0) is 0 Å². The quantitative estimate of drug-likeness (QED) is 0.630. The van der Waals surface area contributed by atoms with Gasteiger partial charge in [-0.25, -0.2) is 0 Å². The monoisotopic (exact) mass is 274 g/mol. The fourth-order valence-electron chi connectivity index (χ4n) is 2.60. The van der Waals surface area contributed by atoms with Crippen LogP contribution >= 0.6 is 0 Å². The molecule has 0 aromatic heterocycles. The predicted octanol–water partition coefficient (Wildman–Crippen LogP) is 4.54. The highest BCUT2D eigenvalue weighted by atomic mass is 15.1. The first-order chi connectivity index (χ1) is 9.78. The molecule has 0 radical (unpaired) electrons. The normalized spacial score (nSPS) is 12.2. The fraction of sp³-hybridized carbons (Fsp3) is 0.556. The summed E-state index contributed by atoms with van der Waals surface area (Å²) < 4.78 is 0. The maximum absolute atomic E-state index is 3.90. The third-order valence-electron chi connectivity index (χ3n) is 3.54. The number of nitrogens with zero attached hydrogens (tertiary/aromatic N) is 1. The van der Waals surface area contributed by atoms with Crippen molar-refractivity contribution >= 4 is 5.69 Å². The zero-order valence-electron chi connectivity index (χ0n) is 13.4. The van der Waals surface area contributed by atoms with E-state index in [9.17, 15) is 0 Å². The minimum atomic E-state index is 0.440. The summed E-state index contributed by atoms with van der Waals surface area (Å²) in [5.41, 5.74) is 2.77. The summed E-state index contributed by atoms with van der Waals surface area (Å²) in [5.74, 6) is 0. The first-order valence-electron chi connectivity index (χ1n) is 7.96. The molecule has 1 unspecified atom stereocenters. The Morgan fingerprint density at radius 1 is 1.20 bits per heavy atom. The largest absolute Gasteiger partial charge is 0.368 e. The summed E-state index contributed by atoms with van der Waals surface area (Å²) >= 11 is 0. The molecule has 0 aliphatic carbocycles. The van der Waals surface area contributed by atoms with E-state index < -0.39 is 0 Å². The average Bonchev–Trinajstić information content (AvgIpc) is 2.48. The Morgan fingerprint density at radius 2 is 1.95 bits per heavy atom. The number of nitrogens with one attached hydrogen (secondary N) is 1. The lowest BCUT2D eigenvalue weighted by atomic mass is 10.0. The van der Waals surface area contributed by atoms with Gasteiger partial charge in [-0.1, -0.05) is 45.0 Å². The van der Waals surface area contributed by atoms with Gasteiger partial charge in [0.2, 0.25) is 0 Å². The molecule has 2 nitrogen and oxygen atoms in total. The summed E-state index contributed by atoms with van der Waals surface area (Å²) in [6.07, 6.45) is 5.43. The minimum absolute atomic E-state index is 0.440. The van der Waals surface area contributed by atoms with Gasteiger partial charge in [0.15, 0.2) is 0 Å². The van der Waals surface area contributed by atoms with Crippen molar-refractivity contribution in [3.63, 3.8) is 0 Å². The summed E-state index contributed by atoms with van der Waals surface area (Å²) in [6.45, 7) is 13.6. The molecular formula is C18H30N2. The van der Waals surface area contributed by atoms with E-state index in [2.05, 4.69) is 61.8 Å². The lowest BCUT2D eigenvalue weighted by Crippen LogP contribution is -2.28. The van der Waals surface area contributed by atoms with Crippen molar-refractivity contribution in [1.29, 1.82) is 0 Å². The van der Waals surface area contributed by atoms with E-state index in [0.29, 0.717) is 6.04 Å². The number of anilines is 1. The Bertz CT molecular complexity index is 387. The molecule has 0 fully saturated rings. The van der Waals surface area contributed by atoms with E-state index in [1.54, 1.807) is 0 Å². The van der Waals surface area contributed by atoms with Crippen molar-refractivity contribution in [3.05, 3.63) is 42.5 Å². The second-order valence-electron chi connectivity index (χ2n) is 5.21. The highest BCUT2D eigenvalue weighted by Crippen LogP contribution is 2.28. The molecule has 1 aromatic rings. The van der Waals surface area contributed by atoms with Crippen LogP contribution in [-0.4, -0.2) is 19.6 Å². The molecule has 0 aliphatic heterocycles. The Balaban J connectivity index is 3.02. The number of benzene rings is 1. The number of hydrogen-bond donors (Lipinski definition) is 1. The van der Waals surface area contributed by atoms with Crippen molar-refractivity contribution in [3.8, 4) is 0 Å². The molecule has 2 heteroatoms. The van der Waals surface area contributed by atoms with Gasteiger partial charge >= 0.3 is 0 Å². The zero-order valence-corrected chi connectivity index (χ0v) is 13.4. The molecule has 0 bridgehead atoms. The maximum Gasteiger partial charge on any atom is 0.0417 e. The van der Waals surface area contributed by atoms with Gasteiger partial charge in [0.1, 0.15) is 0 Å². The summed E-state index contributed by atoms with van der Waals surface area (Å²) in [4.78, 5) is 2.43. The van der Waals surface area contributed by atoms with E-state index in [0.717, 1.165) is 32.5 Å². The van der Waals surface area contributed by atoms with Gasteiger partial charge in [-0.3, -0.25) is 0 Å². The predicted molar refractivity (Wildman–Crippen MR) is 90.5 cm³/mol. The van der Waals surface area contributed by atoms with Crippen molar-refractivity contribution < 1.29 is 0 Å². The second kappa shape index (κ2) is 9.60. The zero-order chi connectivity index (χ0) is 14.8. The lowest BCUT2D eigenvalue weighted by Gasteiger charge is -2.29. The van der Waals surface area contributed by atoms with E-state index >= 15 is 0 Å². The van der Waals surface area contributed by atoms with Gasteiger partial charge in [0.25, 0.3) is 0 Å². The molecule has 1 rings (SSSR count). The maximum atomic E-state index is 3.90. The van der Waals surface area contributed by atoms with Crippen LogP contribution in [0.1, 0.15) is 51.6 Å². The molecule has 0 spiro atoms. The summed E-state index contributed by atoms with van der Waals surface area (Å²) in [5, 5.41) is 3.66. The van der Waals surface area contributed by atoms with Crippen LogP contribution in [0, 0.1) is 0 Å². The van der Waals surface area contributed by atoms with E-state index in [4.69, 9.17) is 0 Å². The lowest BCUT2D eigenvalue weighted by molar-refractivity contribution is 0.517. The van der Waals surface area contributed by atoms with Gasteiger partial charge in [0, 0.05) is 24.8 Å². The smallest absolute Gasteiger partial charge is 0.0417 e. The SMILES string of the molecule is C=CCN(CCC)c1ccccc1C(CC)NCCC. The third kappa shape index (κ3) is 4.68. The molecule has 0 heterocycles. The highest BCUT2D eigenvalue weighted by molar-refractivity contribution is 5.55. The molecule has 112 valence electrons. The molecule has 1 atom stereocenters. The van der Waals surface area contributed by atoms with Crippen LogP contribution in [0.25, 0.3) is 0 Å². The average molecular weight is 274 g/mol. The molecule has 0 aliphatic rings. The standard InChI is InChI=1S/C18H30N2/c1-5-13-19-17(8-4)16-11-9-10-12-18(16)20(14-6-2)15-7-3/h6,9-12,17,19H,2,5,7-8,13-15H2,1,3-4H3. The third-order valence-corrected chi connectivity index (χ3v) is 3.54. The Morgan fingerprint density at radius 3 is 2.55 bits per heavy atom. The van der Waals surface area contributed by atoms with Gasteiger partial charge in [-0.15, -0.1) is 6.58 Å². The Kier molecular flexibility index (Phi) is 8.05. The first kappa shape index (κ1) is 16.8. The molecule has 20 heavy (non-hydrogen) atoms. The van der Waals surface area contributed by atoms with E-state index in [1.807, 2.05) is 6.08 Å². The van der Waals surface area contributed by atoms with Gasteiger partial charge in [-0.05, 0) is 37.4 Å². The van der Waals surface area contributed by atoms with Gasteiger partial charge in [-0.2, -0.15) is 0 Å². The first-order valence-corrected chi connectivity index (χ1v) is 7.96. The van der Waals surface area contributed by atoms with Crippen LogP contribution in [0.15, 0.2) is 36.9 Å². The van der Waals surface area contributed by atoms with E-state index in [-0.39, 0.29) is 0 Å². The van der Waals surface area contributed by atoms with Crippen molar-refractivity contribution in [1.82, 2.24) is 5.32 Å². The molecule has 0 amide bonds. The molecular weight excluding hydrogens is 244 g/mol. The second-order valence-corrected chi connectivity index (χ2v) is 5.21. The number of para-hydroxylation sites is 1. The van der Waals surface area contributed by atoms with Crippen molar-refractivity contribution in [2.75, 3.05) is 24.5 Å². The van der Waals surface area contributed by atoms with Gasteiger partial charge < -0.3 is 10.2 Å². The molecule has 1 N–H and O–H groups in total. The Hall–Kier alpha value is -1.28. The van der Waals surface area contributed by atoms with Crippen LogP contribution < -0.4 is 10.2 Å². The molecule has 1 aromatic carbocycles. The van der Waals surface area contributed by atoms with Crippen LogP contribution in [0.2, 0.25) is 0 Å². The fourth-order valence-corrected chi connectivity index (χ4v) is 2.60. The van der Waals surface area contributed by atoms with Crippen LogP contribution in [0.5, 0.6) is 0 Å². The van der Waals surface area contributed by atoms with E-state index in [1.165, 1.54) is 17.7 Å². The van der Waals surface area contributed by atoms with Crippen molar-refractivity contribution in [2.45, 2.75) is 46.1 Å². The van der Waals surface area contributed by atoms with Gasteiger partial charge in [0.05, 0.1) is 0 Å². The Labute approximate surface area is 124 Å². The van der Waals surface area contributed by atoms with Crippen LogP contribution in [0.3, 0.4) is 0 Å². The number of rotatable bonds is 10. The van der Waals surface area contributed by atoms with Crippen LogP contribution in [0.4, 0.5) is 5.69 Å².